The number of carbonyl (C=O) groups is 1. The molecule has 0 aromatic carbocycles. The predicted octanol–water partition coefficient (Wildman–Crippen LogP) is 1.44. The SMILES string of the molecule is CN=C(NCCC(=O)N(C)C)N1CCC(C)C(n2ccnc2)C1.I. The summed E-state index contributed by atoms with van der Waals surface area (Å²) < 4.78 is 2.18. The molecule has 1 N–H and O–H groups in total. The molecule has 8 heteroatoms. The summed E-state index contributed by atoms with van der Waals surface area (Å²) in [6.45, 7) is 4.77. The number of carbonyl (C=O) groups excluding carboxylic acids is 1. The first-order chi connectivity index (χ1) is 11.0. The van der Waals surface area contributed by atoms with E-state index in [2.05, 4.69) is 31.7 Å². The molecule has 1 aliphatic rings. The van der Waals surface area contributed by atoms with Crippen molar-refractivity contribution >= 4 is 35.8 Å². The molecule has 0 saturated carbocycles. The van der Waals surface area contributed by atoms with E-state index in [1.54, 1.807) is 26.0 Å². The van der Waals surface area contributed by atoms with E-state index in [0.29, 0.717) is 24.9 Å². The van der Waals surface area contributed by atoms with Crippen molar-refractivity contribution in [3.8, 4) is 0 Å². The topological polar surface area (TPSA) is 65.8 Å². The number of imidazole rings is 1. The first-order valence-corrected chi connectivity index (χ1v) is 8.16. The molecule has 136 valence electrons. The smallest absolute Gasteiger partial charge is 0.223 e. The predicted molar refractivity (Wildman–Crippen MR) is 107 cm³/mol. The van der Waals surface area contributed by atoms with Crippen LogP contribution >= 0.6 is 24.0 Å². The molecule has 0 spiro atoms. The van der Waals surface area contributed by atoms with Gasteiger partial charge in [0, 0.05) is 59.6 Å². The molecule has 1 aromatic rings. The minimum atomic E-state index is 0. The maximum atomic E-state index is 11.7. The van der Waals surface area contributed by atoms with Crippen molar-refractivity contribution in [3.63, 3.8) is 0 Å². The van der Waals surface area contributed by atoms with E-state index >= 15 is 0 Å². The lowest BCUT2D eigenvalue weighted by Crippen LogP contribution is -2.49. The number of nitrogens with zero attached hydrogens (tertiary/aromatic N) is 5. The van der Waals surface area contributed by atoms with Crippen molar-refractivity contribution in [2.24, 2.45) is 10.9 Å². The van der Waals surface area contributed by atoms with E-state index in [1.807, 2.05) is 18.7 Å². The molecule has 24 heavy (non-hydrogen) atoms. The number of hydrogen-bond donors (Lipinski definition) is 1. The Bertz CT molecular complexity index is 531. The molecule has 2 heterocycles. The standard InChI is InChI=1S/C16H28N6O.HI/c1-13-6-9-21(11-14(13)22-10-8-18-12-22)16(17-2)19-7-5-15(23)20(3)4;/h8,10,12-14H,5-7,9,11H2,1-4H3,(H,17,19);1H. The Morgan fingerprint density at radius 2 is 2.21 bits per heavy atom. The van der Waals surface area contributed by atoms with Crippen molar-refractivity contribution in [2.45, 2.75) is 25.8 Å². The minimum Gasteiger partial charge on any atom is -0.356 e. The molecule has 1 aliphatic heterocycles. The van der Waals surface area contributed by atoms with Gasteiger partial charge in [0.05, 0.1) is 12.4 Å². The molecular weight excluding hydrogens is 419 g/mol. The minimum absolute atomic E-state index is 0. The Balaban J connectivity index is 0.00000288. The highest BCUT2D eigenvalue weighted by molar-refractivity contribution is 14.0. The van der Waals surface area contributed by atoms with Crippen LogP contribution in [0.4, 0.5) is 0 Å². The van der Waals surface area contributed by atoms with Crippen LogP contribution in [0, 0.1) is 5.92 Å². The zero-order valence-corrected chi connectivity index (χ0v) is 17.3. The number of aliphatic imine (C=N–C) groups is 1. The third-order valence-electron chi connectivity index (χ3n) is 4.46. The quantitative estimate of drug-likeness (QED) is 0.430. The van der Waals surface area contributed by atoms with E-state index < -0.39 is 0 Å². The number of nitrogens with one attached hydrogen (secondary N) is 1. The highest BCUT2D eigenvalue weighted by atomic mass is 127. The van der Waals surface area contributed by atoms with Crippen LogP contribution in [-0.4, -0.2) is 72.0 Å². The fraction of sp³-hybridized carbons (Fsp3) is 0.688. The summed E-state index contributed by atoms with van der Waals surface area (Å²) in [5.74, 6) is 1.60. The lowest BCUT2D eigenvalue weighted by atomic mass is 9.93. The second-order valence-corrected chi connectivity index (χ2v) is 6.30. The van der Waals surface area contributed by atoms with Gasteiger partial charge in [-0.25, -0.2) is 4.98 Å². The maximum absolute atomic E-state index is 11.7. The van der Waals surface area contributed by atoms with Gasteiger partial charge in [0.15, 0.2) is 5.96 Å². The number of halogens is 1. The number of amides is 1. The zero-order valence-electron chi connectivity index (χ0n) is 15.0. The van der Waals surface area contributed by atoms with Gasteiger partial charge in [0.2, 0.25) is 5.91 Å². The average Bonchev–Trinajstić information content (AvgIpc) is 3.06. The number of piperidine rings is 1. The molecule has 2 atom stereocenters. The Labute approximate surface area is 161 Å². The van der Waals surface area contributed by atoms with Crippen molar-refractivity contribution in [2.75, 3.05) is 40.8 Å². The lowest BCUT2D eigenvalue weighted by molar-refractivity contribution is -0.128. The van der Waals surface area contributed by atoms with Gasteiger partial charge in [0.1, 0.15) is 0 Å². The van der Waals surface area contributed by atoms with Crippen LogP contribution in [0.2, 0.25) is 0 Å². The van der Waals surface area contributed by atoms with E-state index in [9.17, 15) is 4.79 Å². The van der Waals surface area contributed by atoms with Crippen LogP contribution in [0.3, 0.4) is 0 Å². The van der Waals surface area contributed by atoms with Gasteiger partial charge in [-0.2, -0.15) is 0 Å². The average molecular weight is 448 g/mol. The van der Waals surface area contributed by atoms with Gasteiger partial charge in [-0.3, -0.25) is 9.79 Å². The Kier molecular flexibility index (Phi) is 8.51. The lowest BCUT2D eigenvalue weighted by Gasteiger charge is -2.39. The van der Waals surface area contributed by atoms with Crippen molar-refractivity contribution in [1.82, 2.24) is 24.7 Å². The molecule has 1 saturated heterocycles. The molecule has 1 amide bonds. The van der Waals surface area contributed by atoms with E-state index in [1.165, 1.54) is 0 Å². The maximum Gasteiger partial charge on any atom is 0.223 e. The Hall–Kier alpha value is -1.32. The third kappa shape index (κ3) is 5.35. The fourth-order valence-electron chi connectivity index (χ4n) is 2.93. The van der Waals surface area contributed by atoms with Gasteiger partial charge < -0.3 is 19.7 Å². The number of hydrogen-bond acceptors (Lipinski definition) is 3. The second kappa shape index (κ2) is 9.85. The summed E-state index contributed by atoms with van der Waals surface area (Å²) >= 11 is 0. The van der Waals surface area contributed by atoms with Gasteiger partial charge in [-0.15, -0.1) is 24.0 Å². The van der Waals surface area contributed by atoms with Crippen LogP contribution < -0.4 is 5.32 Å². The normalized spacial score (nSPS) is 21.2. The summed E-state index contributed by atoms with van der Waals surface area (Å²) in [6.07, 6.45) is 7.32. The van der Waals surface area contributed by atoms with Gasteiger partial charge in [-0.05, 0) is 12.3 Å². The van der Waals surface area contributed by atoms with Gasteiger partial charge >= 0.3 is 0 Å². The summed E-state index contributed by atoms with van der Waals surface area (Å²) in [5, 5.41) is 3.31. The largest absolute Gasteiger partial charge is 0.356 e. The van der Waals surface area contributed by atoms with Crippen LogP contribution in [-0.2, 0) is 4.79 Å². The van der Waals surface area contributed by atoms with Crippen molar-refractivity contribution < 1.29 is 4.79 Å². The Morgan fingerprint density at radius 3 is 2.79 bits per heavy atom. The van der Waals surface area contributed by atoms with Crippen LogP contribution in [0.15, 0.2) is 23.7 Å². The summed E-state index contributed by atoms with van der Waals surface area (Å²) in [6, 6.07) is 0.396. The molecule has 7 nitrogen and oxygen atoms in total. The van der Waals surface area contributed by atoms with E-state index in [4.69, 9.17) is 0 Å². The summed E-state index contributed by atoms with van der Waals surface area (Å²) in [5.41, 5.74) is 0. The molecule has 2 unspecified atom stereocenters. The van der Waals surface area contributed by atoms with E-state index in [-0.39, 0.29) is 29.9 Å². The van der Waals surface area contributed by atoms with Gasteiger partial charge in [-0.1, -0.05) is 6.92 Å². The number of rotatable bonds is 4. The van der Waals surface area contributed by atoms with Crippen LogP contribution in [0.1, 0.15) is 25.8 Å². The molecular formula is C16H29IN6O. The summed E-state index contributed by atoms with van der Waals surface area (Å²) in [7, 11) is 5.35. The monoisotopic (exact) mass is 448 g/mol. The first-order valence-electron chi connectivity index (χ1n) is 8.16. The second-order valence-electron chi connectivity index (χ2n) is 6.30. The number of likely N-dealkylation sites (tertiary alicyclic amines) is 1. The molecule has 1 fully saturated rings. The zero-order chi connectivity index (χ0) is 16.8. The van der Waals surface area contributed by atoms with E-state index in [0.717, 1.165) is 25.5 Å². The fourth-order valence-corrected chi connectivity index (χ4v) is 2.93. The number of guanidine groups is 1. The first kappa shape index (κ1) is 20.7. The highest BCUT2D eigenvalue weighted by Gasteiger charge is 2.28. The third-order valence-corrected chi connectivity index (χ3v) is 4.46. The number of aromatic nitrogens is 2. The summed E-state index contributed by atoms with van der Waals surface area (Å²) in [4.78, 5) is 24.1. The Morgan fingerprint density at radius 1 is 1.46 bits per heavy atom. The molecule has 0 radical (unpaired) electrons. The molecule has 0 aliphatic carbocycles. The molecule has 2 rings (SSSR count). The van der Waals surface area contributed by atoms with Crippen LogP contribution in [0.25, 0.3) is 0 Å². The van der Waals surface area contributed by atoms with Crippen LogP contribution in [0.5, 0.6) is 0 Å². The van der Waals surface area contributed by atoms with Crippen molar-refractivity contribution in [1.29, 1.82) is 0 Å². The van der Waals surface area contributed by atoms with Gasteiger partial charge in [0.25, 0.3) is 0 Å². The van der Waals surface area contributed by atoms with Crippen molar-refractivity contribution in [3.05, 3.63) is 18.7 Å². The molecule has 1 aromatic heterocycles. The highest BCUT2D eigenvalue weighted by Crippen LogP contribution is 2.27. The molecule has 0 bridgehead atoms.